The Bertz CT molecular complexity index is 282. The quantitative estimate of drug-likeness (QED) is 0.587. The zero-order valence-electron chi connectivity index (χ0n) is 6.60. The molecule has 0 aromatic heterocycles. The van der Waals surface area contributed by atoms with Crippen molar-refractivity contribution in [3.63, 3.8) is 0 Å². The van der Waals surface area contributed by atoms with E-state index in [2.05, 4.69) is 0 Å². The van der Waals surface area contributed by atoms with E-state index in [1.807, 2.05) is 0 Å². The van der Waals surface area contributed by atoms with E-state index in [0.29, 0.717) is 6.42 Å². The first-order valence-corrected chi connectivity index (χ1v) is 4.05. The molecule has 2 fully saturated rings. The van der Waals surface area contributed by atoms with Crippen molar-refractivity contribution >= 4 is 11.6 Å². The number of hydrogen-bond donors (Lipinski definition) is 0. The maximum atomic E-state index is 12.0. The minimum Gasteiger partial charge on any atom is -0.299 e. The average molecular weight is 192 g/mol. The highest BCUT2D eigenvalue weighted by molar-refractivity contribution is 6.07. The number of fused-ring (bicyclic) bond motifs is 1. The second-order valence-electron chi connectivity index (χ2n) is 3.67. The third kappa shape index (κ3) is 1.26. The number of Topliss-reactive ketones (excluding diaryl/α,β-unsaturated/α-hetero) is 2. The lowest BCUT2D eigenvalue weighted by Crippen LogP contribution is -2.34. The van der Waals surface area contributed by atoms with Crippen molar-refractivity contribution in [1.82, 2.24) is 0 Å². The molecule has 0 aromatic carbocycles. The number of halogens is 3. The molecule has 2 nitrogen and oxygen atoms in total. The second kappa shape index (κ2) is 2.33. The summed E-state index contributed by atoms with van der Waals surface area (Å²) in [4.78, 5) is 21.8. The van der Waals surface area contributed by atoms with Crippen molar-refractivity contribution in [3.8, 4) is 0 Å². The summed E-state index contributed by atoms with van der Waals surface area (Å²) in [5, 5.41) is 0. The molecular weight excluding hydrogens is 185 g/mol. The highest BCUT2D eigenvalue weighted by atomic mass is 19.4. The highest BCUT2D eigenvalue weighted by Gasteiger charge is 2.60. The van der Waals surface area contributed by atoms with Gasteiger partial charge in [-0.3, -0.25) is 9.59 Å². The van der Waals surface area contributed by atoms with Gasteiger partial charge in [0.25, 0.3) is 0 Å². The zero-order valence-corrected chi connectivity index (χ0v) is 6.60. The van der Waals surface area contributed by atoms with E-state index in [-0.39, 0.29) is 18.3 Å². The van der Waals surface area contributed by atoms with Crippen LogP contribution in [0, 0.1) is 17.8 Å². The van der Waals surface area contributed by atoms with Crippen LogP contribution in [0.4, 0.5) is 13.2 Å². The number of carbonyl (C=O) groups is 2. The van der Waals surface area contributed by atoms with Gasteiger partial charge in [0.1, 0.15) is 5.78 Å². The average Bonchev–Trinajstić information content (AvgIpc) is 2.61. The van der Waals surface area contributed by atoms with Gasteiger partial charge in [-0.25, -0.2) is 0 Å². The molecule has 0 N–H and O–H groups in total. The van der Waals surface area contributed by atoms with Gasteiger partial charge in [-0.05, 0) is 18.3 Å². The lowest BCUT2D eigenvalue weighted by Gasteiger charge is -2.11. The lowest BCUT2D eigenvalue weighted by atomic mass is 9.97. The van der Waals surface area contributed by atoms with E-state index >= 15 is 0 Å². The Hall–Kier alpha value is -0.870. The fourth-order valence-corrected chi connectivity index (χ4v) is 2.06. The fourth-order valence-electron chi connectivity index (χ4n) is 2.06. The third-order valence-electron chi connectivity index (χ3n) is 2.78. The second-order valence-corrected chi connectivity index (χ2v) is 3.67. The molecule has 0 saturated heterocycles. The van der Waals surface area contributed by atoms with Crippen molar-refractivity contribution in [2.45, 2.75) is 19.0 Å². The normalized spacial score (nSPS) is 37.5. The topological polar surface area (TPSA) is 34.1 Å². The molecular formula is C8H7F3O2. The first-order valence-electron chi connectivity index (χ1n) is 4.05. The van der Waals surface area contributed by atoms with Gasteiger partial charge in [-0.15, -0.1) is 0 Å². The Labute approximate surface area is 72.1 Å². The van der Waals surface area contributed by atoms with Crippen LogP contribution in [0.15, 0.2) is 0 Å². The van der Waals surface area contributed by atoms with Gasteiger partial charge in [-0.1, -0.05) is 0 Å². The number of hydrogen-bond acceptors (Lipinski definition) is 2. The Morgan fingerprint density at radius 1 is 1.38 bits per heavy atom. The van der Waals surface area contributed by atoms with Crippen LogP contribution < -0.4 is 0 Å². The summed E-state index contributed by atoms with van der Waals surface area (Å²) in [7, 11) is 0. The van der Waals surface area contributed by atoms with Crippen molar-refractivity contribution in [2.75, 3.05) is 0 Å². The highest BCUT2D eigenvalue weighted by Crippen LogP contribution is 2.54. The molecule has 3 atom stereocenters. The molecule has 5 heteroatoms. The predicted molar refractivity (Wildman–Crippen MR) is 35.8 cm³/mol. The van der Waals surface area contributed by atoms with Crippen LogP contribution in [0.5, 0.6) is 0 Å². The molecule has 0 amide bonds. The van der Waals surface area contributed by atoms with Crippen LogP contribution in [-0.2, 0) is 9.59 Å². The Morgan fingerprint density at radius 3 is 2.38 bits per heavy atom. The van der Waals surface area contributed by atoms with Crippen molar-refractivity contribution < 1.29 is 22.8 Å². The molecule has 0 aromatic rings. The molecule has 72 valence electrons. The van der Waals surface area contributed by atoms with E-state index in [1.165, 1.54) is 0 Å². The van der Waals surface area contributed by atoms with Crippen LogP contribution >= 0.6 is 0 Å². The monoisotopic (exact) mass is 192 g/mol. The predicted octanol–water partition coefficient (Wildman–Crippen LogP) is 1.34. The zero-order chi connectivity index (χ0) is 9.80. The summed E-state index contributed by atoms with van der Waals surface area (Å²) in [6.45, 7) is 0. The van der Waals surface area contributed by atoms with Crippen molar-refractivity contribution in [1.29, 1.82) is 0 Å². The third-order valence-corrected chi connectivity index (χ3v) is 2.78. The molecule has 2 aliphatic carbocycles. The number of carbonyl (C=O) groups excluding carboxylic acids is 2. The minimum absolute atomic E-state index is 0.0591. The van der Waals surface area contributed by atoms with Crippen LogP contribution in [0.2, 0.25) is 0 Å². The van der Waals surface area contributed by atoms with Gasteiger partial charge in [-0.2, -0.15) is 13.2 Å². The van der Waals surface area contributed by atoms with E-state index < -0.39 is 23.7 Å². The van der Waals surface area contributed by atoms with Crippen molar-refractivity contribution in [3.05, 3.63) is 0 Å². The standard InChI is InChI=1S/C8H7F3O2/c9-8(10,11)7(13)6-4-1-3(4)2-5(6)12/h3-4,6H,1-2H2/t3-,4-,6?/m0/s1. The molecule has 0 spiro atoms. The van der Waals surface area contributed by atoms with Gasteiger partial charge in [0.15, 0.2) is 0 Å². The van der Waals surface area contributed by atoms with E-state index in [9.17, 15) is 22.8 Å². The summed E-state index contributed by atoms with van der Waals surface area (Å²) in [5.41, 5.74) is 0. The van der Waals surface area contributed by atoms with E-state index in [1.54, 1.807) is 0 Å². The van der Waals surface area contributed by atoms with Gasteiger partial charge in [0.05, 0.1) is 5.92 Å². The van der Waals surface area contributed by atoms with E-state index in [0.717, 1.165) is 0 Å². The minimum atomic E-state index is -4.85. The fraction of sp³-hybridized carbons (Fsp3) is 0.750. The summed E-state index contributed by atoms with van der Waals surface area (Å²) in [5.74, 6) is -3.98. The summed E-state index contributed by atoms with van der Waals surface area (Å²) < 4.78 is 35.9. The number of rotatable bonds is 1. The van der Waals surface area contributed by atoms with Crippen LogP contribution in [0.1, 0.15) is 12.8 Å². The number of alkyl halides is 3. The summed E-state index contributed by atoms with van der Waals surface area (Å²) in [6, 6.07) is 0. The molecule has 2 saturated carbocycles. The molecule has 0 heterocycles. The molecule has 0 aliphatic heterocycles. The maximum Gasteiger partial charge on any atom is 0.450 e. The largest absolute Gasteiger partial charge is 0.450 e. The molecule has 2 rings (SSSR count). The lowest BCUT2D eigenvalue weighted by molar-refractivity contribution is -0.176. The first-order chi connectivity index (χ1) is 5.91. The molecule has 2 aliphatic rings. The Morgan fingerprint density at radius 2 is 2.00 bits per heavy atom. The van der Waals surface area contributed by atoms with Gasteiger partial charge in [0, 0.05) is 6.42 Å². The first kappa shape index (κ1) is 8.72. The molecule has 0 bridgehead atoms. The summed E-state index contributed by atoms with van der Waals surface area (Å²) >= 11 is 0. The van der Waals surface area contributed by atoms with Crippen LogP contribution in [0.25, 0.3) is 0 Å². The summed E-state index contributed by atoms with van der Waals surface area (Å²) in [6.07, 6.45) is -4.08. The van der Waals surface area contributed by atoms with Crippen molar-refractivity contribution in [2.24, 2.45) is 17.8 Å². The number of ketones is 2. The van der Waals surface area contributed by atoms with Gasteiger partial charge in [0.2, 0.25) is 5.78 Å². The SMILES string of the molecule is O=C1C[C@@H]2C[C@@H]2C1C(=O)C(F)(F)F. The molecule has 1 unspecified atom stereocenters. The van der Waals surface area contributed by atoms with Crippen LogP contribution in [-0.4, -0.2) is 17.7 Å². The Kier molecular flexibility index (Phi) is 1.56. The van der Waals surface area contributed by atoms with Crippen LogP contribution in [0.3, 0.4) is 0 Å². The van der Waals surface area contributed by atoms with Gasteiger partial charge < -0.3 is 0 Å². The van der Waals surface area contributed by atoms with Gasteiger partial charge >= 0.3 is 6.18 Å². The Balaban J connectivity index is 2.17. The van der Waals surface area contributed by atoms with E-state index in [4.69, 9.17) is 0 Å². The smallest absolute Gasteiger partial charge is 0.299 e. The molecule has 0 radical (unpaired) electrons. The maximum absolute atomic E-state index is 12.0. The molecule has 13 heavy (non-hydrogen) atoms.